The fourth-order valence-corrected chi connectivity index (χ4v) is 4.66. The lowest BCUT2D eigenvalue weighted by Gasteiger charge is -2.32. The fourth-order valence-electron chi connectivity index (χ4n) is 4.66. The van der Waals surface area contributed by atoms with Crippen molar-refractivity contribution in [2.75, 3.05) is 32.5 Å². The van der Waals surface area contributed by atoms with Gasteiger partial charge in [-0.2, -0.15) is 0 Å². The van der Waals surface area contributed by atoms with Gasteiger partial charge in [0.05, 0.1) is 5.56 Å². The van der Waals surface area contributed by atoms with Gasteiger partial charge in [0.1, 0.15) is 0 Å². The molecule has 1 saturated heterocycles. The summed E-state index contributed by atoms with van der Waals surface area (Å²) in [5.74, 6) is 0.00141. The van der Waals surface area contributed by atoms with Crippen molar-refractivity contribution in [3.05, 3.63) is 94.8 Å². The second-order valence-corrected chi connectivity index (χ2v) is 11.1. The monoisotopic (exact) mass is 512 g/mol. The maximum atomic E-state index is 13.1. The maximum absolute atomic E-state index is 13.1. The van der Waals surface area contributed by atoms with Crippen LogP contribution in [0.15, 0.2) is 66.9 Å². The summed E-state index contributed by atoms with van der Waals surface area (Å²) in [6, 6.07) is 18.6. The van der Waals surface area contributed by atoms with Crippen LogP contribution in [-0.4, -0.2) is 59.7 Å². The van der Waals surface area contributed by atoms with Gasteiger partial charge in [-0.05, 0) is 66.8 Å². The second-order valence-electron chi connectivity index (χ2n) is 11.1. The Morgan fingerprint density at radius 3 is 2.13 bits per heavy atom. The average molecular weight is 513 g/mol. The van der Waals surface area contributed by atoms with Crippen molar-refractivity contribution in [1.82, 2.24) is 14.8 Å². The van der Waals surface area contributed by atoms with Gasteiger partial charge in [-0.25, -0.2) is 0 Å². The number of aromatic nitrogens is 1. The summed E-state index contributed by atoms with van der Waals surface area (Å²) in [5, 5.41) is 2.95. The fraction of sp³-hybridized carbons (Fsp3) is 0.355. The third-order valence-corrected chi connectivity index (χ3v) is 6.98. The van der Waals surface area contributed by atoms with E-state index in [9.17, 15) is 14.4 Å². The zero-order chi connectivity index (χ0) is 27.4. The molecular formula is C31H36N4O3. The Hall–Kier alpha value is -4.00. The topological polar surface area (TPSA) is 82.6 Å². The lowest BCUT2D eigenvalue weighted by Crippen LogP contribution is -2.38. The molecule has 0 aliphatic carbocycles. The molecule has 2 heterocycles. The third-order valence-electron chi connectivity index (χ3n) is 6.98. The smallest absolute Gasteiger partial charge is 0.257 e. The molecule has 38 heavy (non-hydrogen) atoms. The number of piperidine rings is 1. The molecule has 3 amide bonds. The number of benzene rings is 2. The molecular weight excluding hydrogens is 476 g/mol. The van der Waals surface area contributed by atoms with E-state index in [1.54, 1.807) is 44.6 Å². The molecule has 2 aromatic carbocycles. The van der Waals surface area contributed by atoms with Crippen molar-refractivity contribution in [2.24, 2.45) is 0 Å². The molecule has 1 N–H and O–H groups in total. The Balaban J connectivity index is 1.32. The van der Waals surface area contributed by atoms with Gasteiger partial charge in [-0.1, -0.05) is 39.0 Å². The highest BCUT2D eigenvalue weighted by Crippen LogP contribution is 2.30. The van der Waals surface area contributed by atoms with Crippen LogP contribution in [0.5, 0.6) is 0 Å². The van der Waals surface area contributed by atoms with Crippen LogP contribution in [0, 0.1) is 0 Å². The maximum Gasteiger partial charge on any atom is 0.257 e. The zero-order valence-electron chi connectivity index (χ0n) is 22.8. The van der Waals surface area contributed by atoms with Gasteiger partial charge in [0.2, 0.25) is 0 Å². The summed E-state index contributed by atoms with van der Waals surface area (Å²) in [4.78, 5) is 45.8. The number of nitrogens with zero attached hydrogens (tertiary/aromatic N) is 3. The largest absolute Gasteiger partial charge is 0.345 e. The molecule has 0 radical (unpaired) electrons. The molecule has 1 aromatic heterocycles. The first-order chi connectivity index (χ1) is 18.0. The van der Waals surface area contributed by atoms with Gasteiger partial charge >= 0.3 is 0 Å². The number of hydrogen-bond donors (Lipinski definition) is 1. The summed E-state index contributed by atoms with van der Waals surface area (Å²) in [6.45, 7) is 7.59. The second kappa shape index (κ2) is 11.2. The summed E-state index contributed by atoms with van der Waals surface area (Å²) in [7, 11) is 3.40. The SMILES string of the molecule is CN(C)C(=O)c1cccc(C(=O)N2CCC(c3ccc(NC(=O)c4ccc(C(C)(C)C)nc4)cc3)CC2)c1. The first-order valence-electron chi connectivity index (χ1n) is 13.0. The van der Waals surface area contributed by atoms with Crippen LogP contribution in [-0.2, 0) is 5.41 Å². The van der Waals surface area contributed by atoms with Crippen LogP contribution >= 0.6 is 0 Å². The molecule has 198 valence electrons. The summed E-state index contributed by atoms with van der Waals surface area (Å²) >= 11 is 0. The summed E-state index contributed by atoms with van der Waals surface area (Å²) in [6.07, 6.45) is 3.34. The van der Waals surface area contributed by atoms with Crippen molar-refractivity contribution in [3.8, 4) is 0 Å². The number of pyridine rings is 1. The Morgan fingerprint density at radius 2 is 1.55 bits per heavy atom. The van der Waals surface area contributed by atoms with Crippen LogP contribution in [0.3, 0.4) is 0 Å². The van der Waals surface area contributed by atoms with Crippen molar-refractivity contribution in [1.29, 1.82) is 0 Å². The van der Waals surface area contributed by atoms with Gasteiger partial charge in [0, 0.05) is 61.3 Å². The van der Waals surface area contributed by atoms with E-state index in [-0.39, 0.29) is 23.1 Å². The Bertz CT molecular complexity index is 1300. The molecule has 0 spiro atoms. The van der Waals surface area contributed by atoms with E-state index in [1.165, 1.54) is 10.5 Å². The Kier molecular flexibility index (Phi) is 7.95. The Morgan fingerprint density at radius 1 is 0.895 bits per heavy atom. The molecule has 1 aliphatic rings. The minimum atomic E-state index is -0.186. The number of likely N-dealkylation sites (tertiary alicyclic amines) is 1. The standard InChI is InChI=1S/C31H36N4O3/c1-31(2,3)27-14-11-25(20-32-27)28(36)33-26-12-9-21(10-13-26)22-15-17-35(18-16-22)30(38)24-8-6-7-23(19-24)29(37)34(4)5/h6-14,19-20,22H,15-18H2,1-5H3,(H,33,36). The van der Waals surface area contributed by atoms with Crippen LogP contribution < -0.4 is 5.32 Å². The Labute approximate surface area is 224 Å². The summed E-state index contributed by atoms with van der Waals surface area (Å²) < 4.78 is 0. The number of amides is 3. The molecule has 0 saturated carbocycles. The van der Waals surface area contributed by atoms with Gasteiger partial charge < -0.3 is 15.1 Å². The predicted molar refractivity (Wildman–Crippen MR) is 150 cm³/mol. The molecule has 3 aromatic rings. The van der Waals surface area contributed by atoms with Crippen molar-refractivity contribution >= 4 is 23.4 Å². The zero-order valence-corrected chi connectivity index (χ0v) is 22.8. The lowest BCUT2D eigenvalue weighted by atomic mass is 9.89. The molecule has 0 atom stereocenters. The van der Waals surface area contributed by atoms with Crippen molar-refractivity contribution in [2.45, 2.75) is 44.9 Å². The average Bonchev–Trinajstić information content (AvgIpc) is 2.92. The van der Waals surface area contributed by atoms with Gasteiger partial charge in [0.25, 0.3) is 17.7 Å². The van der Waals surface area contributed by atoms with Gasteiger partial charge in [0.15, 0.2) is 0 Å². The molecule has 1 aliphatic heterocycles. The molecule has 4 rings (SSSR count). The van der Waals surface area contributed by atoms with E-state index >= 15 is 0 Å². The van der Waals surface area contributed by atoms with E-state index in [4.69, 9.17) is 0 Å². The number of carbonyl (C=O) groups excluding carboxylic acids is 3. The quantitative estimate of drug-likeness (QED) is 0.499. The normalized spacial score (nSPS) is 14.2. The van der Waals surface area contributed by atoms with Crippen LogP contribution in [0.1, 0.15) is 81.9 Å². The lowest BCUT2D eigenvalue weighted by molar-refractivity contribution is 0.0713. The number of carbonyl (C=O) groups is 3. The molecule has 1 fully saturated rings. The van der Waals surface area contributed by atoms with Crippen LogP contribution in [0.25, 0.3) is 0 Å². The predicted octanol–water partition coefficient (Wildman–Crippen LogP) is 5.35. The van der Waals surface area contributed by atoms with Crippen molar-refractivity contribution < 1.29 is 14.4 Å². The van der Waals surface area contributed by atoms with Crippen LogP contribution in [0.2, 0.25) is 0 Å². The highest BCUT2D eigenvalue weighted by molar-refractivity contribution is 6.04. The number of hydrogen-bond acceptors (Lipinski definition) is 4. The molecule has 0 bridgehead atoms. The van der Waals surface area contributed by atoms with Gasteiger partial charge in [-0.15, -0.1) is 0 Å². The number of rotatable bonds is 5. The third kappa shape index (κ3) is 6.28. The number of anilines is 1. The summed E-state index contributed by atoms with van der Waals surface area (Å²) in [5.41, 5.74) is 4.39. The van der Waals surface area contributed by atoms with E-state index in [2.05, 4.69) is 43.2 Å². The highest BCUT2D eigenvalue weighted by Gasteiger charge is 2.25. The first kappa shape index (κ1) is 27.0. The van der Waals surface area contributed by atoms with E-state index < -0.39 is 0 Å². The minimum absolute atomic E-state index is 0.0417. The van der Waals surface area contributed by atoms with Gasteiger partial charge in [-0.3, -0.25) is 19.4 Å². The minimum Gasteiger partial charge on any atom is -0.345 e. The number of nitrogens with one attached hydrogen (secondary N) is 1. The van der Waals surface area contributed by atoms with Crippen LogP contribution in [0.4, 0.5) is 5.69 Å². The highest BCUT2D eigenvalue weighted by atomic mass is 16.2. The molecule has 0 unspecified atom stereocenters. The first-order valence-corrected chi connectivity index (χ1v) is 13.0. The van der Waals surface area contributed by atoms with E-state index in [0.717, 1.165) is 24.2 Å². The van der Waals surface area contributed by atoms with E-state index in [1.807, 2.05) is 29.2 Å². The van der Waals surface area contributed by atoms with E-state index in [0.29, 0.717) is 35.7 Å². The molecule has 7 heteroatoms. The molecule has 7 nitrogen and oxygen atoms in total. The van der Waals surface area contributed by atoms with Crippen molar-refractivity contribution in [3.63, 3.8) is 0 Å².